The van der Waals surface area contributed by atoms with E-state index in [1.54, 1.807) is 31.2 Å². The van der Waals surface area contributed by atoms with Crippen molar-refractivity contribution in [2.75, 3.05) is 24.0 Å². The third-order valence-electron chi connectivity index (χ3n) is 4.07. The van der Waals surface area contributed by atoms with Crippen molar-refractivity contribution in [2.45, 2.75) is 6.92 Å². The Balaban J connectivity index is 2.05. The predicted octanol–water partition coefficient (Wildman–Crippen LogP) is 3.47. The summed E-state index contributed by atoms with van der Waals surface area (Å²) >= 11 is 0. The lowest BCUT2D eigenvalue weighted by molar-refractivity contribution is -0.384. The Morgan fingerprint density at radius 3 is 2.46 bits per heavy atom. The highest BCUT2D eigenvalue weighted by Gasteiger charge is 2.29. The fourth-order valence-electron chi connectivity index (χ4n) is 2.76. The number of benzene rings is 2. The Labute approximate surface area is 151 Å². The van der Waals surface area contributed by atoms with E-state index in [1.807, 2.05) is 37.2 Å². The van der Waals surface area contributed by atoms with Crippen LogP contribution in [0, 0.1) is 10.1 Å². The van der Waals surface area contributed by atoms with Crippen LogP contribution < -0.4 is 9.91 Å². The SMILES string of the molecule is CC1=NN(c2ccccc2)C(=O)/C1=C/c1cc([N+](=O)[O-])ccc1N(C)C. The van der Waals surface area contributed by atoms with Gasteiger partial charge in [-0.1, -0.05) is 18.2 Å². The zero-order valence-electron chi connectivity index (χ0n) is 14.7. The van der Waals surface area contributed by atoms with Gasteiger partial charge in [-0.05, 0) is 31.2 Å². The summed E-state index contributed by atoms with van der Waals surface area (Å²) < 4.78 is 0. The molecule has 1 heterocycles. The predicted molar refractivity (Wildman–Crippen MR) is 102 cm³/mol. The number of hydrogen-bond donors (Lipinski definition) is 0. The van der Waals surface area contributed by atoms with Crippen molar-refractivity contribution in [1.29, 1.82) is 0 Å². The number of carbonyl (C=O) groups is 1. The number of nitrogens with zero attached hydrogens (tertiary/aromatic N) is 4. The Morgan fingerprint density at radius 1 is 1.15 bits per heavy atom. The van der Waals surface area contributed by atoms with Crippen LogP contribution in [0.1, 0.15) is 12.5 Å². The van der Waals surface area contributed by atoms with E-state index in [1.165, 1.54) is 17.1 Å². The third kappa shape index (κ3) is 3.19. The molecule has 0 aromatic heterocycles. The number of non-ortho nitro benzene ring substituents is 1. The highest BCUT2D eigenvalue weighted by Crippen LogP contribution is 2.29. The fourth-order valence-corrected chi connectivity index (χ4v) is 2.76. The second-order valence-electron chi connectivity index (χ2n) is 6.09. The van der Waals surface area contributed by atoms with Gasteiger partial charge in [-0.3, -0.25) is 14.9 Å². The van der Waals surface area contributed by atoms with Gasteiger partial charge in [0.15, 0.2) is 0 Å². The van der Waals surface area contributed by atoms with Gasteiger partial charge >= 0.3 is 0 Å². The average Bonchev–Trinajstić information content (AvgIpc) is 2.90. The molecule has 0 spiro atoms. The quantitative estimate of drug-likeness (QED) is 0.480. The van der Waals surface area contributed by atoms with Crippen LogP contribution in [0.5, 0.6) is 0 Å². The van der Waals surface area contributed by atoms with Gasteiger partial charge in [0.2, 0.25) is 0 Å². The van der Waals surface area contributed by atoms with Gasteiger partial charge in [0.05, 0.1) is 21.9 Å². The number of anilines is 2. The number of nitro groups is 1. The summed E-state index contributed by atoms with van der Waals surface area (Å²) in [6.45, 7) is 1.75. The molecular weight excluding hydrogens is 332 g/mol. The number of rotatable bonds is 4. The Morgan fingerprint density at radius 2 is 1.85 bits per heavy atom. The van der Waals surface area contributed by atoms with Gasteiger partial charge < -0.3 is 4.90 Å². The van der Waals surface area contributed by atoms with Crippen molar-refractivity contribution in [3.05, 3.63) is 69.8 Å². The topological polar surface area (TPSA) is 79.0 Å². The third-order valence-corrected chi connectivity index (χ3v) is 4.07. The van der Waals surface area contributed by atoms with Crippen molar-refractivity contribution >= 4 is 34.8 Å². The molecule has 0 radical (unpaired) electrons. The van der Waals surface area contributed by atoms with Crippen LogP contribution in [0.2, 0.25) is 0 Å². The second kappa shape index (κ2) is 6.79. The molecule has 132 valence electrons. The molecular formula is C19H18N4O3. The zero-order valence-corrected chi connectivity index (χ0v) is 14.7. The smallest absolute Gasteiger partial charge is 0.280 e. The van der Waals surface area contributed by atoms with Gasteiger partial charge in [0.1, 0.15) is 0 Å². The molecule has 0 fully saturated rings. The van der Waals surface area contributed by atoms with Gasteiger partial charge in [-0.15, -0.1) is 0 Å². The van der Waals surface area contributed by atoms with E-state index in [4.69, 9.17) is 0 Å². The highest BCUT2D eigenvalue weighted by molar-refractivity contribution is 6.32. The van der Waals surface area contributed by atoms with Crippen LogP contribution in [-0.4, -0.2) is 30.6 Å². The fraction of sp³-hybridized carbons (Fsp3) is 0.158. The number of nitro benzene ring substituents is 1. The summed E-state index contributed by atoms with van der Waals surface area (Å²) in [5.74, 6) is -0.259. The molecule has 1 amide bonds. The van der Waals surface area contributed by atoms with Crippen LogP contribution >= 0.6 is 0 Å². The van der Waals surface area contributed by atoms with Crippen molar-refractivity contribution < 1.29 is 9.72 Å². The summed E-state index contributed by atoms with van der Waals surface area (Å²) in [6, 6.07) is 13.7. The summed E-state index contributed by atoms with van der Waals surface area (Å²) in [6.07, 6.45) is 1.66. The molecule has 0 saturated carbocycles. The van der Waals surface area contributed by atoms with E-state index >= 15 is 0 Å². The van der Waals surface area contributed by atoms with Crippen LogP contribution in [0.4, 0.5) is 17.1 Å². The molecule has 0 aliphatic carbocycles. The Hall–Kier alpha value is -3.48. The first kappa shape index (κ1) is 17.3. The molecule has 26 heavy (non-hydrogen) atoms. The molecule has 2 aromatic carbocycles. The number of carbonyl (C=O) groups excluding carboxylic acids is 1. The molecule has 1 aliphatic heterocycles. The lowest BCUT2D eigenvalue weighted by Gasteiger charge is -2.16. The first-order chi connectivity index (χ1) is 12.4. The van der Waals surface area contributed by atoms with E-state index in [0.717, 1.165) is 5.69 Å². The monoisotopic (exact) mass is 350 g/mol. The molecule has 0 unspecified atom stereocenters. The second-order valence-corrected chi connectivity index (χ2v) is 6.09. The zero-order chi connectivity index (χ0) is 18.8. The minimum absolute atomic E-state index is 0.0256. The Bertz CT molecular complexity index is 933. The number of para-hydroxylation sites is 1. The highest BCUT2D eigenvalue weighted by atomic mass is 16.6. The first-order valence-corrected chi connectivity index (χ1v) is 8.01. The minimum Gasteiger partial charge on any atom is -0.377 e. The molecule has 3 rings (SSSR count). The van der Waals surface area contributed by atoms with Crippen LogP contribution in [-0.2, 0) is 4.79 Å². The number of hydrazone groups is 1. The lowest BCUT2D eigenvalue weighted by atomic mass is 10.0. The van der Waals surface area contributed by atoms with E-state index in [0.29, 0.717) is 22.5 Å². The average molecular weight is 350 g/mol. The molecule has 0 N–H and O–H groups in total. The van der Waals surface area contributed by atoms with Gasteiger partial charge in [-0.25, -0.2) is 0 Å². The van der Waals surface area contributed by atoms with E-state index in [-0.39, 0.29) is 11.6 Å². The van der Waals surface area contributed by atoms with Crippen LogP contribution in [0.25, 0.3) is 6.08 Å². The first-order valence-electron chi connectivity index (χ1n) is 8.01. The maximum atomic E-state index is 12.8. The largest absolute Gasteiger partial charge is 0.377 e. The summed E-state index contributed by atoms with van der Waals surface area (Å²) in [7, 11) is 3.69. The van der Waals surface area contributed by atoms with Crippen molar-refractivity contribution in [1.82, 2.24) is 0 Å². The van der Waals surface area contributed by atoms with Crippen molar-refractivity contribution in [3.8, 4) is 0 Å². The normalized spacial score (nSPS) is 15.3. The van der Waals surface area contributed by atoms with Crippen LogP contribution in [0.3, 0.4) is 0 Å². The van der Waals surface area contributed by atoms with E-state index in [2.05, 4.69) is 5.10 Å². The van der Waals surface area contributed by atoms with Gasteiger partial charge in [0, 0.05) is 37.5 Å². The number of amides is 1. The molecule has 7 nitrogen and oxygen atoms in total. The lowest BCUT2D eigenvalue weighted by Crippen LogP contribution is -2.21. The summed E-state index contributed by atoms with van der Waals surface area (Å²) in [5, 5.41) is 16.8. The molecule has 0 saturated heterocycles. The maximum absolute atomic E-state index is 12.8. The van der Waals surface area contributed by atoms with Crippen molar-refractivity contribution in [3.63, 3.8) is 0 Å². The summed E-state index contributed by atoms with van der Waals surface area (Å²) in [4.78, 5) is 25.3. The van der Waals surface area contributed by atoms with Gasteiger partial charge in [-0.2, -0.15) is 10.1 Å². The van der Waals surface area contributed by atoms with Gasteiger partial charge in [0.25, 0.3) is 11.6 Å². The molecule has 7 heteroatoms. The molecule has 2 aromatic rings. The molecule has 0 bridgehead atoms. The molecule has 1 aliphatic rings. The summed E-state index contributed by atoms with van der Waals surface area (Å²) in [5.41, 5.74) is 3.00. The standard InChI is InChI=1S/C19H18N4O3/c1-13-17(19(24)22(20-13)15-7-5-4-6-8-15)12-14-11-16(23(25)26)9-10-18(14)21(2)3/h4-12H,1-3H3/b17-12+. The van der Waals surface area contributed by atoms with Crippen molar-refractivity contribution in [2.24, 2.45) is 5.10 Å². The Kier molecular flexibility index (Phi) is 4.53. The molecule has 0 atom stereocenters. The van der Waals surface area contributed by atoms with E-state index in [9.17, 15) is 14.9 Å². The minimum atomic E-state index is -0.449. The number of hydrogen-bond acceptors (Lipinski definition) is 5. The van der Waals surface area contributed by atoms with E-state index < -0.39 is 4.92 Å². The van der Waals surface area contributed by atoms with Crippen LogP contribution in [0.15, 0.2) is 59.2 Å². The maximum Gasteiger partial charge on any atom is 0.280 e.